The molecule has 8 heteroatoms. The fourth-order valence-corrected chi connectivity index (χ4v) is 6.69. The molecule has 0 aliphatic carbocycles. The second-order valence-electron chi connectivity index (χ2n) is 10.2. The maximum atomic E-state index is 13.3. The minimum Gasteiger partial charge on any atom is -0.336 e. The summed E-state index contributed by atoms with van der Waals surface area (Å²) in [5.41, 5.74) is 7.87. The molecule has 2 N–H and O–H groups in total. The normalized spacial score (nSPS) is 15.7. The number of sulfonamides is 1. The van der Waals surface area contributed by atoms with Gasteiger partial charge >= 0.3 is 0 Å². The average Bonchev–Trinajstić information content (AvgIpc) is 2.87. The highest BCUT2D eigenvalue weighted by Gasteiger charge is 2.35. The third-order valence-corrected chi connectivity index (χ3v) is 9.61. The monoisotopic (exact) mass is 527 g/mol. The first kappa shape index (κ1) is 26.6. The zero-order valence-corrected chi connectivity index (χ0v) is 22.8. The number of rotatable bonds is 6. The molecule has 0 radical (unpaired) electrons. The van der Waals surface area contributed by atoms with Crippen molar-refractivity contribution in [1.29, 1.82) is 0 Å². The summed E-state index contributed by atoms with van der Waals surface area (Å²) in [5.74, 6) is 0.387. The van der Waals surface area contributed by atoms with Crippen molar-refractivity contribution in [2.75, 3.05) is 26.2 Å². The molecule has 192 valence electrons. The van der Waals surface area contributed by atoms with E-state index in [1.54, 1.807) is 35.2 Å². The van der Waals surface area contributed by atoms with Crippen LogP contribution in [-0.2, 0) is 15.6 Å². The van der Waals surface area contributed by atoms with Crippen LogP contribution in [0.5, 0.6) is 0 Å². The maximum Gasteiger partial charge on any atom is 0.253 e. The molecule has 1 aliphatic rings. The summed E-state index contributed by atoms with van der Waals surface area (Å²) in [5, 5.41) is 2.26. The van der Waals surface area contributed by atoms with Crippen LogP contribution in [0.1, 0.15) is 43.6 Å². The van der Waals surface area contributed by atoms with Crippen molar-refractivity contribution < 1.29 is 13.2 Å². The Kier molecular flexibility index (Phi) is 7.49. The van der Waals surface area contributed by atoms with Crippen LogP contribution in [0.25, 0.3) is 10.8 Å². The van der Waals surface area contributed by atoms with Crippen LogP contribution in [0.4, 0.5) is 0 Å². The second-order valence-corrected chi connectivity index (χ2v) is 12.5. The molecule has 6 nitrogen and oxygen atoms in total. The third kappa shape index (κ3) is 4.90. The van der Waals surface area contributed by atoms with Gasteiger partial charge < -0.3 is 10.6 Å². The van der Waals surface area contributed by atoms with Crippen LogP contribution in [-0.4, -0.2) is 49.7 Å². The molecule has 1 aliphatic heterocycles. The first-order chi connectivity index (χ1) is 16.9. The summed E-state index contributed by atoms with van der Waals surface area (Å²) in [6.07, 6.45) is 0. The lowest BCUT2D eigenvalue weighted by molar-refractivity contribution is 0.0698. The Balaban J connectivity index is 1.45. The predicted molar refractivity (Wildman–Crippen MR) is 146 cm³/mol. The number of carbonyl (C=O) groups is 1. The molecule has 3 aromatic rings. The first-order valence-electron chi connectivity index (χ1n) is 12.3. The SMILES string of the molecule is CC(C)C(N)(c1ccc(C(=O)N2CCN(S(=O)(=O)c3ccc4ccc(Cl)cc4c3)CC2)cc1)C(C)C. The number of fused-ring (bicyclic) bond motifs is 1. The smallest absolute Gasteiger partial charge is 0.253 e. The van der Waals surface area contributed by atoms with Gasteiger partial charge in [-0.3, -0.25) is 4.79 Å². The van der Waals surface area contributed by atoms with Gasteiger partial charge in [-0.2, -0.15) is 4.31 Å². The summed E-state index contributed by atoms with van der Waals surface area (Å²) < 4.78 is 28.0. The van der Waals surface area contributed by atoms with Crippen molar-refractivity contribution in [3.8, 4) is 0 Å². The predicted octanol–water partition coefficient (Wildman–Crippen LogP) is 5.11. The maximum absolute atomic E-state index is 13.3. The number of piperazine rings is 1. The highest BCUT2D eigenvalue weighted by Crippen LogP contribution is 2.34. The molecule has 0 unspecified atom stereocenters. The molecule has 1 amide bonds. The van der Waals surface area contributed by atoms with Crippen molar-refractivity contribution in [3.05, 3.63) is 76.8 Å². The van der Waals surface area contributed by atoms with E-state index in [-0.39, 0.29) is 35.7 Å². The van der Waals surface area contributed by atoms with Gasteiger partial charge in [0, 0.05) is 42.3 Å². The zero-order valence-electron chi connectivity index (χ0n) is 21.2. The molecule has 0 bridgehead atoms. The van der Waals surface area contributed by atoms with Crippen molar-refractivity contribution in [1.82, 2.24) is 9.21 Å². The molecule has 0 aromatic heterocycles. The van der Waals surface area contributed by atoms with Gasteiger partial charge in [0.05, 0.1) is 4.90 Å². The summed E-state index contributed by atoms with van der Waals surface area (Å²) in [7, 11) is -3.68. The minimum atomic E-state index is -3.68. The lowest BCUT2D eigenvalue weighted by Crippen LogP contribution is -2.50. The zero-order chi connectivity index (χ0) is 26.3. The van der Waals surface area contributed by atoms with Gasteiger partial charge in [-0.1, -0.05) is 63.6 Å². The number of nitrogens with zero attached hydrogens (tertiary/aromatic N) is 2. The van der Waals surface area contributed by atoms with E-state index in [1.807, 2.05) is 30.3 Å². The molecule has 1 saturated heterocycles. The summed E-state index contributed by atoms with van der Waals surface area (Å²) in [6.45, 7) is 9.59. The van der Waals surface area contributed by atoms with E-state index in [0.717, 1.165) is 16.3 Å². The van der Waals surface area contributed by atoms with Crippen LogP contribution >= 0.6 is 11.6 Å². The Hall–Kier alpha value is -2.45. The van der Waals surface area contributed by atoms with Gasteiger partial charge in [0.2, 0.25) is 10.0 Å². The van der Waals surface area contributed by atoms with E-state index in [0.29, 0.717) is 23.7 Å². The van der Waals surface area contributed by atoms with Crippen LogP contribution in [0.3, 0.4) is 0 Å². The fraction of sp³-hybridized carbons (Fsp3) is 0.393. The van der Waals surface area contributed by atoms with Crippen molar-refractivity contribution in [2.24, 2.45) is 17.6 Å². The Morgan fingerprint density at radius 1 is 0.861 bits per heavy atom. The van der Waals surface area contributed by atoms with Crippen molar-refractivity contribution in [2.45, 2.75) is 38.1 Å². The largest absolute Gasteiger partial charge is 0.336 e. The Bertz CT molecular complexity index is 1350. The molecule has 36 heavy (non-hydrogen) atoms. The fourth-order valence-electron chi connectivity index (χ4n) is 5.05. The summed E-state index contributed by atoms with van der Waals surface area (Å²) >= 11 is 6.08. The van der Waals surface area contributed by atoms with Gasteiger partial charge in [-0.05, 0) is 64.6 Å². The van der Waals surface area contributed by atoms with Crippen molar-refractivity contribution in [3.63, 3.8) is 0 Å². The molecular weight excluding hydrogens is 494 g/mol. The number of hydrogen-bond acceptors (Lipinski definition) is 4. The van der Waals surface area contributed by atoms with E-state index in [4.69, 9.17) is 17.3 Å². The summed E-state index contributed by atoms with van der Waals surface area (Å²) in [6, 6.07) is 18.0. The van der Waals surface area contributed by atoms with E-state index < -0.39 is 15.6 Å². The number of nitrogens with two attached hydrogens (primary N) is 1. The van der Waals surface area contributed by atoms with Crippen molar-refractivity contribution >= 4 is 38.3 Å². The Labute approximate surface area is 219 Å². The first-order valence-corrected chi connectivity index (χ1v) is 14.1. The standard InChI is InChI=1S/C28H34ClN3O3S/c1-19(2)28(30,20(3)4)24-9-5-22(6-10-24)27(33)31-13-15-32(16-14-31)36(34,35)26-12-8-21-7-11-25(29)17-23(21)18-26/h5-12,17-20H,13-16,30H2,1-4H3. The lowest BCUT2D eigenvalue weighted by Gasteiger charge is -2.38. The van der Waals surface area contributed by atoms with Crippen LogP contribution in [0, 0.1) is 11.8 Å². The number of carbonyl (C=O) groups excluding carboxylic acids is 1. The number of hydrogen-bond donors (Lipinski definition) is 1. The molecule has 0 saturated carbocycles. The van der Waals surface area contributed by atoms with Gasteiger partial charge in [0.25, 0.3) is 5.91 Å². The molecular formula is C28H34ClN3O3S. The molecule has 4 rings (SSSR count). The highest BCUT2D eigenvalue weighted by molar-refractivity contribution is 7.89. The molecule has 1 heterocycles. The molecule has 0 spiro atoms. The second kappa shape index (κ2) is 10.1. The van der Waals surface area contributed by atoms with Crippen LogP contribution < -0.4 is 5.73 Å². The van der Waals surface area contributed by atoms with Gasteiger partial charge in [0.1, 0.15) is 0 Å². The van der Waals surface area contributed by atoms with Gasteiger partial charge in [-0.15, -0.1) is 0 Å². The quantitative estimate of drug-likeness (QED) is 0.483. The molecule has 0 atom stereocenters. The van der Waals surface area contributed by atoms with E-state index in [2.05, 4.69) is 27.7 Å². The van der Waals surface area contributed by atoms with E-state index >= 15 is 0 Å². The number of halogens is 1. The Morgan fingerprint density at radius 2 is 1.44 bits per heavy atom. The van der Waals surface area contributed by atoms with Gasteiger partial charge in [0.15, 0.2) is 0 Å². The molecule has 3 aromatic carbocycles. The third-order valence-electron chi connectivity index (χ3n) is 7.48. The minimum absolute atomic E-state index is 0.101. The topological polar surface area (TPSA) is 83.7 Å². The average molecular weight is 528 g/mol. The van der Waals surface area contributed by atoms with Crippen LogP contribution in [0.2, 0.25) is 5.02 Å². The molecule has 1 fully saturated rings. The lowest BCUT2D eigenvalue weighted by atomic mass is 9.73. The number of amides is 1. The Morgan fingerprint density at radius 3 is 2.03 bits per heavy atom. The highest BCUT2D eigenvalue weighted by atomic mass is 35.5. The summed E-state index contributed by atoms with van der Waals surface area (Å²) in [4.78, 5) is 15.1. The van der Waals surface area contributed by atoms with E-state index in [1.165, 1.54) is 4.31 Å². The van der Waals surface area contributed by atoms with E-state index in [9.17, 15) is 13.2 Å². The van der Waals surface area contributed by atoms with Crippen LogP contribution in [0.15, 0.2) is 65.6 Å². The van der Waals surface area contributed by atoms with Gasteiger partial charge in [-0.25, -0.2) is 8.42 Å². The number of benzene rings is 3.